The zero-order valence-electron chi connectivity index (χ0n) is 15.8. The van der Waals surface area contributed by atoms with Crippen molar-refractivity contribution in [1.82, 2.24) is 0 Å². The lowest BCUT2D eigenvalue weighted by atomic mass is 9.46. The number of allylic oxidation sites excluding steroid dienone is 4. The van der Waals surface area contributed by atoms with Crippen LogP contribution in [-0.4, -0.2) is 38.2 Å². The Bertz CT molecular complexity index is 691. The summed E-state index contributed by atoms with van der Waals surface area (Å²) in [6.07, 6.45) is 7.06. The lowest BCUT2D eigenvalue weighted by Gasteiger charge is -2.61. The standard InChI is InChI=1S/C21H29FO3S/c1-4-26(25)18-8-7-15-16-6-5-13-11-14(23)9-10-20(13,3)21(16,22)17(24)12-19(15,18)2/h9-11,15-18,24H,4-8,12H2,1-3H3/t15-,16-,17-,18-,19-,20-,21?,26?/m0/s1. The number of halogens is 1. The number of aliphatic hydroxyl groups is 1. The van der Waals surface area contributed by atoms with Gasteiger partial charge in [0.15, 0.2) is 11.5 Å². The van der Waals surface area contributed by atoms with Gasteiger partial charge in [-0.1, -0.05) is 29.7 Å². The molecule has 0 bridgehead atoms. The van der Waals surface area contributed by atoms with E-state index in [1.54, 1.807) is 12.2 Å². The van der Waals surface area contributed by atoms with E-state index in [-0.39, 0.29) is 28.3 Å². The van der Waals surface area contributed by atoms with Crippen LogP contribution in [0.5, 0.6) is 0 Å². The zero-order chi connectivity index (χ0) is 18.9. The molecule has 0 aromatic rings. The highest BCUT2D eigenvalue weighted by molar-refractivity contribution is 7.92. The van der Waals surface area contributed by atoms with Crippen LogP contribution in [0.15, 0.2) is 23.8 Å². The van der Waals surface area contributed by atoms with Crippen LogP contribution in [0, 0.1) is 22.7 Å². The SMILES string of the molecule is CC[S+]([O-])[C@H]1CC[C@H]2[C@@H]3CCC4=CC(=O)C=C[C@]4(C)C3(F)[C@@H](O)C[C@]12C. The van der Waals surface area contributed by atoms with E-state index in [1.807, 2.05) is 13.8 Å². The topological polar surface area (TPSA) is 60.4 Å². The van der Waals surface area contributed by atoms with E-state index in [4.69, 9.17) is 0 Å². The highest BCUT2D eigenvalue weighted by atomic mass is 32.2. The van der Waals surface area contributed by atoms with Crippen molar-refractivity contribution in [1.29, 1.82) is 0 Å². The van der Waals surface area contributed by atoms with E-state index >= 15 is 4.39 Å². The molecule has 8 atom stereocenters. The minimum absolute atomic E-state index is 0.0462. The van der Waals surface area contributed by atoms with E-state index in [9.17, 15) is 14.5 Å². The number of fused-ring (bicyclic) bond motifs is 5. The highest BCUT2D eigenvalue weighted by Crippen LogP contribution is 2.68. The summed E-state index contributed by atoms with van der Waals surface area (Å²) < 4.78 is 29.4. The molecule has 0 spiro atoms. The van der Waals surface area contributed by atoms with Crippen LogP contribution in [0.4, 0.5) is 4.39 Å². The molecule has 3 fully saturated rings. The van der Waals surface area contributed by atoms with Gasteiger partial charge in [-0.3, -0.25) is 4.79 Å². The van der Waals surface area contributed by atoms with Crippen molar-refractivity contribution in [2.45, 2.75) is 69.9 Å². The summed E-state index contributed by atoms with van der Waals surface area (Å²) in [6.45, 7) is 5.91. The molecule has 26 heavy (non-hydrogen) atoms. The van der Waals surface area contributed by atoms with Crippen molar-refractivity contribution < 1.29 is 18.8 Å². The number of alkyl halides is 1. The highest BCUT2D eigenvalue weighted by Gasteiger charge is 2.71. The van der Waals surface area contributed by atoms with Crippen LogP contribution < -0.4 is 0 Å². The van der Waals surface area contributed by atoms with Crippen molar-refractivity contribution in [2.75, 3.05) is 5.75 Å². The van der Waals surface area contributed by atoms with Gasteiger partial charge in [-0.2, -0.15) is 0 Å². The second-order valence-corrected chi connectivity index (χ2v) is 11.0. The Hall–Kier alpha value is -0.650. The van der Waals surface area contributed by atoms with Gasteiger partial charge in [-0.15, -0.1) is 0 Å². The van der Waals surface area contributed by atoms with Crippen molar-refractivity contribution in [3.8, 4) is 0 Å². The molecule has 0 aromatic carbocycles. The molecule has 0 radical (unpaired) electrons. The number of ketones is 1. The summed E-state index contributed by atoms with van der Waals surface area (Å²) in [7, 11) is 0. The summed E-state index contributed by atoms with van der Waals surface area (Å²) in [5, 5.41) is 11.1. The first-order chi connectivity index (χ1) is 12.2. The maximum atomic E-state index is 16.7. The van der Waals surface area contributed by atoms with Crippen LogP contribution in [0.25, 0.3) is 0 Å². The summed E-state index contributed by atoms with van der Waals surface area (Å²) >= 11 is -0.927. The quantitative estimate of drug-likeness (QED) is 0.746. The van der Waals surface area contributed by atoms with E-state index in [1.165, 1.54) is 6.08 Å². The molecule has 5 heteroatoms. The monoisotopic (exact) mass is 380 g/mol. The van der Waals surface area contributed by atoms with E-state index in [0.717, 1.165) is 18.4 Å². The van der Waals surface area contributed by atoms with Crippen LogP contribution in [0.3, 0.4) is 0 Å². The third-order valence-electron chi connectivity index (χ3n) is 8.15. The Morgan fingerprint density at radius 3 is 2.73 bits per heavy atom. The van der Waals surface area contributed by atoms with E-state index in [2.05, 4.69) is 6.92 Å². The number of carbonyl (C=O) groups is 1. The Balaban J connectivity index is 1.77. The van der Waals surface area contributed by atoms with Crippen molar-refractivity contribution in [3.63, 3.8) is 0 Å². The van der Waals surface area contributed by atoms with Crippen LogP contribution in [0.1, 0.15) is 52.9 Å². The Morgan fingerprint density at radius 2 is 2.04 bits per heavy atom. The fraction of sp³-hybridized carbons (Fsp3) is 0.762. The third-order valence-corrected chi connectivity index (χ3v) is 10.1. The lowest BCUT2D eigenvalue weighted by molar-refractivity contribution is -0.188. The van der Waals surface area contributed by atoms with E-state index in [0.29, 0.717) is 25.0 Å². The smallest absolute Gasteiger partial charge is 0.178 e. The maximum Gasteiger partial charge on any atom is 0.178 e. The molecule has 0 heterocycles. The molecule has 0 saturated heterocycles. The average molecular weight is 381 g/mol. The number of carbonyl (C=O) groups excluding carboxylic acids is 1. The molecule has 4 aliphatic carbocycles. The van der Waals surface area contributed by atoms with Gasteiger partial charge in [-0.05, 0) is 64.0 Å². The van der Waals surface area contributed by atoms with Crippen LogP contribution >= 0.6 is 0 Å². The fourth-order valence-corrected chi connectivity index (χ4v) is 8.47. The first kappa shape index (κ1) is 18.7. The fourth-order valence-electron chi connectivity index (χ4n) is 6.80. The minimum Gasteiger partial charge on any atom is -0.616 e. The van der Waals surface area contributed by atoms with Gasteiger partial charge in [0.25, 0.3) is 0 Å². The first-order valence-corrected chi connectivity index (χ1v) is 11.2. The van der Waals surface area contributed by atoms with Gasteiger partial charge < -0.3 is 9.66 Å². The van der Waals surface area contributed by atoms with Gasteiger partial charge >= 0.3 is 0 Å². The summed E-state index contributed by atoms with van der Waals surface area (Å²) in [4.78, 5) is 11.8. The summed E-state index contributed by atoms with van der Waals surface area (Å²) in [5.41, 5.74) is -2.14. The predicted molar refractivity (Wildman–Crippen MR) is 101 cm³/mol. The molecule has 0 aromatic heterocycles. The van der Waals surface area contributed by atoms with Crippen LogP contribution in [-0.2, 0) is 16.0 Å². The Morgan fingerprint density at radius 1 is 1.31 bits per heavy atom. The van der Waals surface area contributed by atoms with Gasteiger partial charge in [0.1, 0.15) is 11.0 Å². The second kappa shape index (κ2) is 5.92. The molecule has 0 aliphatic heterocycles. The normalized spacial score (nSPS) is 51.3. The van der Waals surface area contributed by atoms with Gasteiger partial charge in [0.05, 0.1) is 6.10 Å². The zero-order valence-corrected chi connectivity index (χ0v) is 16.7. The molecule has 3 saturated carbocycles. The van der Waals surface area contributed by atoms with Crippen molar-refractivity contribution in [3.05, 3.63) is 23.8 Å². The largest absolute Gasteiger partial charge is 0.616 e. The Labute approximate surface area is 158 Å². The Kier molecular flexibility index (Phi) is 4.26. The molecule has 4 aliphatic rings. The number of rotatable bonds is 2. The minimum atomic E-state index is -1.76. The van der Waals surface area contributed by atoms with Crippen molar-refractivity contribution >= 4 is 17.0 Å². The average Bonchev–Trinajstić information content (AvgIpc) is 2.93. The number of hydrogen-bond acceptors (Lipinski definition) is 3. The molecule has 3 nitrogen and oxygen atoms in total. The first-order valence-electron chi connectivity index (χ1n) is 9.87. The van der Waals surface area contributed by atoms with Gasteiger partial charge in [-0.25, -0.2) is 4.39 Å². The summed E-state index contributed by atoms with van der Waals surface area (Å²) in [6, 6.07) is 0. The molecule has 4 rings (SSSR count). The van der Waals surface area contributed by atoms with Gasteiger partial charge in [0.2, 0.25) is 0 Å². The van der Waals surface area contributed by atoms with Crippen molar-refractivity contribution in [2.24, 2.45) is 22.7 Å². The third kappa shape index (κ3) is 2.17. The maximum absolute atomic E-state index is 16.7. The van der Waals surface area contributed by atoms with Gasteiger partial charge in [0, 0.05) is 16.7 Å². The number of aliphatic hydroxyl groups excluding tert-OH is 1. The predicted octanol–water partition coefficient (Wildman–Crippen LogP) is 3.49. The molecule has 2 unspecified atom stereocenters. The second-order valence-electron chi connectivity index (χ2n) is 9.09. The molecule has 0 amide bonds. The molecule has 1 N–H and O–H groups in total. The lowest BCUT2D eigenvalue weighted by Crippen LogP contribution is -2.67. The molecular weight excluding hydrogens is 351 g/mol. The molecule has 144 valence electrons. The summed E-state index contributed by atoms with van der Waals surface area (Å²) in [5.74, 6) is 0.411. The number of hydrogen-bond donors (Lipinski definition) is 1. The van der Waals surface area contributed by atoms with Crippen LogP contribution in [0.2, 0.25) is 0 Å². The molecular formula is C21H29FO3S. The van der Waals surface area contributed by atoms with E-state index < -0.39 is 28.4 Å².